The first kappa shape index (κ1) is 21.4. The van der Waals surface area contributed by atoms with E-state index in [2.05, 4.69) is 5.32 Å². The van der Waals surface area contributed by atoms with Gasteiger partial charge in [-0.05, 0) is 24.1 Å². The maximum absolute atomic E-state index is 13.3. The molecule has 1 N–H and O–H groups in total. The average molecular weight is 410 g/mol. The van der Waals surface area contributed by atoms with Gasteiger partial charge in [0.2, 0.25) is 5.91 Å². The van der Waals surface area contributed by atoms with Crippen LogP contribution in [0.15, 0.2) is 54.6 Å². The molecule has 30 heavy (non-hydrogen) atoms. The molecule has 0 aliphatic carbocycles. The third-order valence-electron chi connectivity index (χ3n) is 4.77. The highest BCUT2D eigenvalue weighted by Crippen LogP contribution is 2.23. The molecule has 2 amide bonds. The highest BCUT2D eigenvalue weighted by Gasteiger charge is 2.36. The molecule has 1 aliphatic rings. The first-order valence-electron chi connectivity index (χ1n) is 10.1. The zero-order valence-corrected chi connectivity index (χ0v) is 17.0. The second kappa shape index (κ2) is 10.4. The van der Waals surface area contributed by atoms with Crippen LogP contribution in [0.1, 0.15) is 35.7 Å². The van der Waals surface area contributed by atoms with Crippen molar-refractivity contribution in [2.24, 2.45) is 0 Å². The fraction of sp³-hybridized carbons (Fsp3) is 0.348. The molecular formula is C23H26N2O5. The van der Waals surface area contributed by atoms with Crippen molar-refractivity contribution in [2.45, 2.75) is 32.4 Å². The minimum atomic E-state index is -0.905. The van der Waals surface area contributed by atoms with Crippen LogP contribution in [0.25, 0.3) is 0 Å². The first-order valence-corrected chi connectivity index (χ1v) is 10.1. The third kappa shape index (κ3) is 5.37. The number of hydrogen-bond acceptors (Lipinski definition) is 5. The molecule has 158 valence electrons. The number of hydrogen-bond donors (Lipinski definition) is 1. The van der Waals surface area contributed by atoms with Crippen LogP contribution in [0.2, 0.25) is 0 Å². The monoisotopic (exact) mass is 410 g/mol. The molecule has 7 heteroatoms. The Hall–Kier alpha value is -3.35. The molecule has 0 aromatic heterocycles. The molecule has 1 atom stereocenters. The van der Waals surface area contributed by atoms with Crippen molar-refractivity contribution >= 4 is 17.8 Å². The number of carbonyl (C=O) groups excluding carboxylic acids is 3. The van der Waals surface area contributed by atoms with E-state index in [0.29, 0.717) is 37.4 Å². The lowest BCUT2D eigenvalue weighted by Crippen LogP contribution is -2.57. The number of para-hydroxylation sites is 1. The lowest BCUT2D eigenvalue weighted by molar-refractivity contribution is -0.147. The van der Waals surface area contributed by atoms with Gasteiger partial charge in [-0.25, -0.2) is 0 Å². The molecule has 0 spiro atoms. The van der Waals surface area contributed by atoms with Crippen molar-refractivity contribution in [1.29, 1.82) is 0 Å². The van der Waals surface area contributed by atoms with Gasteiger partial charge in [-0.3, -0.25) is 14.4 Å². The summed E-state index contributed by atoms with van der Waals surface area (Å²) in [5.41, 5.74) is 1.34. The number of rotatable bonds is 8. The molecule has 7 nitrogen and oxygen atoms in total. The van der Waals surface area contributed by atoms with E-state index in [1.54, 1.807) is 24.3 Å². The van der Waals surface area contributed by atoms with Gasteiger partial charge < -0.3 is 19.7 Å². The summed E-state index contributed by atoms with van der Waals surface area (Å²) in [6, 6.07) is 15.7. The molecule has 1 aliphatic heterocycles. The summed E-state index contributed by atoms with van der Waals surface area (Å²) >= 11 is 0. The topological polar surface area (TPSA) is 84.9 Å². The molecule has 2 aromatic carbocycles. The van der Waals surface area contributed by atoms with E-state index in [-0.39, 0.29) is 24.8 Å². The number of esters is 1. The quantitative estimate of drug-likeness (QED) is 0.676. The minimum absolute atomic E-state index is 0.176. The molecule has 0 bridgehead atoms. The van der Waals surface area contributed by atoms with Crippen molar-refractivity contribution in [2.75, 3.05) is 19.7 Å². The Morgan fingerprint density at radius 1 is 1.10 bits per heavy atom. The predicted octanol–water partition coefficient (Wildman–Crippen LogP) is 2.55. The fourth-order valence-corrected chi connectivity index (χ4v) is 3.25. The first-order chi connectivity index (χ1) is 14.6. The van der Waals surface area contributed by atoms with Gasteiger partial charge in [0.15, 0.2) is 0 Å². The summed E-state index contributed by atoms with van der Waals surface area (Å²) in [4.78, 5) is 39.2. The number of amides is 2. The Labute approximate surface area is 176 Å². The number of benzene rings is 2. The van der Waals surface area contributed by atoms with Gasteiger partial charge in [0.25, 0.3) is 5.91 Å². The van der Waals surface area contributed by atoms with Gasteiger partial charge >= 0.3 is 5.97 Å². The van der Waals surface area contributed by atoms with Crippen molar-refractivity contribution in [3.8, 4) is 5.75 Å². The van der Waals surface area contributed by atoms with Crippen molar-refractivity contribution < 1.29 is 23.9 Å². The predicted molar refractivity (Wildman–Crippen MR) is 111 cm³/mol. The standard InChI is InChI=1S/C23H26N2O5/c1-2-14-29-21(26)15-19-22(27)24-12-13-25(19)23(28)18-10-6-7-11-20(18)30-16-17-8-4-3-5-9-17/h3-11,19H,2,12-16H2,1H3,(H,24,27)/t19-/m0/s1. The van der Waals surface area contributed by atoms with Crippen LogP contribution < -0.4 is 10.1 Å². The van der Waals surface area contributed by atoms with Crippen LogP contribution in [0.5, 0.6) is 5.75 Å². The maximum atomic E-state index is 13.3. The molecular weight excluding hydrogens is 384 g/mol. The normalized spacial score (nSPS) is 16.0. The highest BCUT2D eigenvalue weighted by atomic mass is 16.5. The van der Waals surface area contributed by atoms with Gasteiger partial charge in [-0.1, -0.05) is 49.4 Å². The van der Waals surface area contributed by atoms with Crippen LogP contribution in [0, 0.1) is 0 Å². The number of nitrogens with one attached hydrogen (secondary N) is 1. The largest absolute Gasteiger partial charge is 0.488 e. The maximum Gasteiger partial charge on any atom is 0.308 e. The Bertz CT molecular complexity index is 884. The second-order valence-corrected chi connectivity index (χ2v) is 7.00. The van der Waals surface area contributed by atoms with E-state index in [1.165, 1.54) is 4.90 Å². The summed E-state index contributed by atoms with van der Waals surface area (Å²) in [6.45, 7) is 3.14. The van der Waals surface area contributed by atoms with E-state index in [4.69, 9.17) is 9.47 Å². The Kier molecular flexibility index (Phi) is 7.43. The summed E-state index contributed by atoms with van der Waals surface area (Å²) in [5, 5.41) is 2.72. The van der Waals surface area contributed by atoms with Gasteiger partial charge in [0.05, 0.1) is 18.6 Å². The zero-order valence-electron chi connectivity index (χ0n) is 17.0. The fourth-order valence-electron chi connectivity index (χ4n) is 3.25. The van der Waals surface area contributed by atoms with Gasteiger partial charge in [0.1, 0.15) is 18.4 Å². The van der Waals surface area contributed by atoms with Crippen LogP contribution in [-0.2, 0) is 20.9 Å². The molecule has 3 rings (SSSR count). The van der Waals surface area contributed by atoms with Crippen molar-refractivity contribution in [3.05, 3.63) is 65.7 Å². The van der Waals surface area contributed by atoms with E-state index < -0.39 is 12.0 Å². The molecule has 0 radical (unpaired) electrons. The lowest BCUT2D eigenvalue weighted by atomic mass is 10.1. The Morgan fingerprint density at radius 2 is 1.83 bits per heavy atom. The number of piperazine rings is 1. The van der Waals surface area contributed by atoms with E-state index >= 15 is 0 Å². The third-order valence-corrected chi connectivity index (χ3v) is 4.77. The molecule has 2 aromatic rings. The summed E-state index contributed by atoms with van der Waals surface area (Å²) in [5.74, 6) is -0.762. The minimum Gasteiger partial charge on any atom is -0.488 e. The van der Waals surface area contributed by atoms with Gasteiger partial charge in [-0.2, -0.15) is 0 Å². The lowest BCUT2D eigenvalue weighted by Gasteiger charge is -2.34. The number of nitrogens with zero attached hydrogens (tertiary/aromatic N) is 1. The summed E-state index contributed by atoms with van der Waals surface area (Å²) in [6.07, 6.45) is 0.516. The number of carbonyl (C=O) groups is 3. The van der Waals surface area contributed by atoms with E-state index in [9.17, 15) is 14.4 Å². The van der Waals surface area contributed by atoms with E-state index in [1.807, 2.05) is 37.3 Å². The Morgan fingerprint density at radius 3 is 2.60 bits per heavy atom. The number of ether oxygens (including phenoxy) is 2. The van der Waals surface area contributed by atoms with Crippen molar-refractivity contribution in [3.63, 3.8) is 0 Å². The summed E-state index contributed by atoms with van der Waals surface area (Å²) in [7, 11) is 0. The van der Waals surface area contributed by atoms with E-state index in [0.717, 1.165) is 5.56 Å². The average Bonchev–Trinajstić information content (AvgIpc) is 2.78. The zero-order chi connectivity index (χ0) is 21.3. The van der Waals surface area contributed by atoms with Crippen LogP contribution in [-0.4, -0.2) is 48.4 Å². The molecule has 0 unspecified atom stereocenters. The molecule has 1 heterocycles. The molecule has 1 saturated heterocycles. The summed E-state index contributed by atoms with van der Waals surface area (Å²) < 4.78 is 11.0. The van der Waals surface area contributed by atoms with Gasteiger partial charge in [0, 0.05) is 13.1 Å². The SMILES string of the molecule is CCCOC(=O)C[C@H]1C(=O)NCCN1C(=O)c1ccccc1OCc1ccccc1. The van der Waals surface area contributed by atoms with Gasteiger partial charge in [-0.15, -0.1) is 0 Å². The van der Waals surface area contributed by atoms with Crippen LogP contribution in [0.4, 0.5) is 0 Å². The Balaban J connectivity index is 1.76. The van der Waals surface area contributed by atoms with Crippen LogP contribution >= 0.6 is 0 Å². The molecule has 0 saturated carbocycles. The highest BCUT2D eigenvalue weighted by molar-refractivity contribution is 6.01. The van der Waals surface area contributed by atoms with Crippen LogP contribution in [0.3, 0.4) is 0 Å². The second-order valence-electron chi connectivity index (χ2n) is 7.00. The molecule has 1 fully saturated rings. The smallest absolute Gasteiger partial charge is 0.308 e. The van der Waals surface area contributed by atoms with Crippen molar-refractivity contribution in [1.82, 2.24) is 10.2 Å².